The van der Waals surface area contributed by atoms with Gasteiger partial charge in [-0.2, -0.15) is 0 Å². The molecular weight excluding hydrogens is 230 g/mol. The van der Waals surface area contributed by atoms with Gasteiger partial charge in [0.25, 0.3) is 0 Å². The first kappa shape index (κ1) is 12.9. The van der Waals surface area contributed by atoms with E-state index in [1.807, 2.05) is 13.8 Å². The molecule has 1 N–H and O–H groups in total. The number of benzene rings is 1. The van der Waals surface area contributed by atoms with Crippen molar-refractivity contribution in [2.75, 3.05) is 12.0 Å². The van der Waals surface area contributed by atoms with Crippen LogP contribution in [0.3, 0.4) is 0 Å². The number of ether oxygens (including phenoxy) is 1. The molecule has 0 aromatic heterocycles. The van der Waals surface area contributed by atoms with E-state index in [-0.39, 0.29) is 5.91 Å². The second kappa shape index (κ2) is 3.99. The van der Waals surface area contributed by atoms with Crippen molar-refractivity contribution in [1.82, 2.24) is 0 Å². The lowest BCUT2D eigenvalue weighted by molar-refractivity contribution is -0.118. The second-order valence-corrected chi connectivity index (χ2v) is 5.51. The molecule has 4 nitrogen and oxygen atoms in total. The summed E-state index contributed by atoms with van der Waals surface area (Å²) in [5, 5.41) is 10.6. The third-order valence-corrected chi connectivity index (χ3v) is 3.89. The van der Waals surface area contributed by atoms with Gasteiger partial charge in [-0.25, -0.2) is 0 Å². The summed E-state index contributed by atoms with van der Waals surface area (Å²) in [5.74, 6) is 0.666. The minimum Gasteiger partial charge on any atom is -0.497 e. The fraction of sp³-hybridized carbons (Fsp3) is 0.500. The molecule has 1 unspecified atom stereocenters. The lowest BCUT2D eigenvalue weighted by Gasteiger charge is -2.38. The molecule has 1 fully saturated rings. The summed E-state index contributed by atoms with van der Waals surface area (Å²) in [7, 11) is 1.59. The number of carbonyl (C=O) groups is 1. The molecule has 1 aliphatic heterocycles. The lowest BCUT2D eigenvalue weighted by atomic mass is 9.82. The average Bonchev–Trinajstić information content (AvgIpc) is 2.44. The minimum atomic E-state index is -1.18. The van der Waals surface area contributed by atoms with Gasteiger partial charge in [-0.15, -0.1) is 0 Å². The third-order valence-electron chi connectivity index (χ3n) is 3.89. The monoisotopic (exact) mass is 249 g/mol. The summed E-state index contributed by atoms with van der Waals surface area (Å²) < 4.78 is 5.09. The predicted octanol–water partition coefficient (Wildman–Crippen LogP) is 2.17. The smallest absolute Gasteiger partial charge is 0.230 e. The molecule has 0 bridgehead atoms. The van der Waals surface area contributed by atoms with Gasteiger partial charge in [0.1, 0.15) is 11.5 Å². The SMILES string of the molecule is COc1ccc(N2C(=O)CC(C)(C)C2(C)O)cc1. The quantitative estimate of drug-likeness (QED) is 0.874. The van der Waals surface area contributed by atoms with Gasteiger partial charge in [0, 0.05) is 17.5 Å². The van der Waals surface area contributed by atoms with E-state index in [4.69, 9.17) is 4.74 Å². The van der Waals surface area contributed by atoms with Crippen LogP contribution in [0.5, 0.6) is 5.75 Å². The number of rotatable bonds is 2. The topological polar surface area (TPSA) is 49.8 Å². The molecule has 98 valence electrons. The zero-order chi connectivity index (χ0) is 13.6. The van der Waals surface area contributed by atoms with Crippen LogP contribution in [0.2, 0.25) is 0 Å². The summed E-state index contributed by atoms with van der Waals surface area (Å²) in [6.45, 7) is 5.48. The van der Waals surface area contributed by atoms with Crippen molar-refractivity contribution in [3.8, 4) is 5.75 Å². The molecule has 2 rings (SSSR count). The van der Waals surface area contributed by atoms with E-state index < -0.39 is 11.1 Å². The Kier molecular flexibility index (Phi) is 2.86. The molecule has 1 amide bonds. The van der Waals surface area contributed by atoms with E-state index >= 15 is 0 Å². The molecule has 1 aliphatic rings. The predicted molar refractivity (Wildman–Crippen MR) is 69.5 cm³/mol. The van der Waals surface area contributed by atoms with Crippen LogP contribution < -0.4 is 9.64 Å². The van der Waals surface area contributed by atoms with E-state index in [0.29, 0.717) is 12.1 Å². The number of aliphatic hydroxyl groups is 1. The third kappa shape index (κ3) is 1.77. The van der Waals surface area contributed by atoms with E-state index in [2.05, 4.69) is 0 Å². The van der Waals surface area contributed by atoms with Gasteiger partial charge >= 0.3 is 0 Å². The van der Waals surface area contributed by atoms with Crippen LogP contribution in [0.25, 0.3) is 0 Å². The first-order chi connectivity index (χ1) is 8.29. The van der Waals surface area contributed by atoms with Gasteiger partial charge in [0.05, 0.1) is 7.11 Å². The number of hydrogen-bond acceptors (Lipinski definition) is 3. The molecule has 1 heterocycles. The summed E-state index contributed by atoms with van der Waals surface area (Å²) in [6, 6.07) is 7.13. The Bertz CT molecular complexity index is 462. The van der Waals surface area contributed by atoms with Crippen molar-refractivity contribution >= 4 is 11.6 Å². The summed E-state index contributed by atoms with van der Waals surface area (Å²) in [6.07, 6.45) is 0.339. The number of hydrogen-bond donors (Lipinski definition) is 1. The normalized spacial score (nSPS) is 26.5. The van der Waals surface area contributed by atoms with Gasteiger partial charge in [0.2, 0.25) is 5.91 Å². The Balaban J connectivity index is 2.40. The van der Waals surface area contributed by atoms with E-state index in [9.17, 15) is 9.90 Å². The number of carbonyl (C=O) groups excluding carboxylic acids is 1. The maximum atomic E-state index is 12.1. The van der Waals surface area contributed by atoms with E-state index in [1.165, 1.54) is 4.90 Å². The highest BCUT2D eigenvalue weighted by Crippen LogP contribution is 2.46. The molecule has 0 radical (unpaired) electrons. The van der Waals surface area contributed by atoms with Crippen molar-refractivity contribution in [3.05, 3.63) is 24.3 Å². The summed E-state index contributed by atoms with van der Waals surface area (Å²) in [5.41, 5.74) is -0.959. The Hall–Kier alpha value is -1.55. The van der Waals surface area contributed by atoms with E-state index in [0.717, 1.165) is 5.75 Å². The highest BCUT2D eigenvalue weighted by Gasteiger charge is 2.54. The number of anilines is 1. The second-order valence-electron chi connectivity index (χ2n) is 5.51. The summed E-state index contributed by atoms with van der Waals surface area (Å²) in [4.78, 5) is 13.6. The molecular formula is C14H19NO3. The lowest BCUT2D eigenvalue weighted by Crippen LogP contribution is -2.50. The van der Waals surface area contributed by atoms with Crippen LogP contribution in [-0.4, -0.2) is 23.8 Å². The molecule has 4 heteroatoms. The summed E-state index contributed by atoms with van der Waals surface area (Å²) >= 11 is 0. The van der Waals surface area contributed by atoms with Crippen molar-refractivity contribution in [3.63, 3.8) is 0 Å². The van der Waals surface area contributed by atoms with Crippen molar-refractivity contribution < 1.29 is 14.6 Å². The number of amides is 1. The Labute approximate surface area is 107 Å². The number of nitrogens with zero attached hydrogens (tertiary/aromatic N) is 1. The number of methoxy groups -OCH3 is 1. The molecule has 1 atom stereocenters. The van der Waals surface area contributed by atoms with Gasteiger partial charge in [-0.1, -0.05) is 13.8 Å². The molecule has 18 heavy (non-hydrogen) atoms. The van der Waals surface area contributed by atoms with Crippen LogP contribution in [0.1, 0.15) is 27.2 Å². The van der Waals surface area contributed by atoms with Crippen molar-refractivity contribution in [2.24, 2.45) is 5.41 Å². The molecule has 1 aromatic rings. The van der Waals surface area contributed by atoms with Gasteiger partial charge < -0.3 is 9.84 Å². The maximum absolute atomic E-state index is 12.1. The standard InChI is InChI=1S/C14H19NO3/c1-13(2)9-12(16)15(14(13,3)17)10-5-7-11(18-4)8-6-10/h5-8,17H,9H2,1-4H3. The zero-order valence-corrected chi connectivity index (χ0v) is 11.2. The van der Waals surface area contributed by atoms with Crippen LogP contribution in [0.4, 0.5) is 5.69 Å². The largest absolute Gasteiger partial charge is 0.497 e. The van der Waals surface area contributed by atoms with Crippen LogP contribution in [0, 0.1) is 5.41 Å². The van der Waals surface area contributed by atoms with E-state index in [1.54, 1.807) is 38.3 Å². The Morgan fingerprint density at radius 1 is 1.22 bits per heavy atom. The van der Waals surface area contributed by atoms with Gasteiger partial charge in [-0.3, -0.25) is 9.69 Å². The van der Waals surface area contributed by atoms with Gasteiger partial charge in [0.15, 0.2) is 0 Å². The molecule has 0 aliphatic carbocycles. The van der Waals surface area contributed by atoms with Crippen LogP contribution in [0.15, 0.2) is 24.3 Å². The average molecular weight is 249 g/mol. The fourth-order valence-electron chi connectivity index (χ4n) is 2.30. The highest BCUT2D eigenvalue weighted by atomic mass is 16.5. The Morgan fingerprint density at radius 2 is 1.78 bits per heavy atom. The van der Waals surface area contributed by atoms with Gasteiger partial charge in [-0.05, 0) is 31.2 Å². The molecule has 0 spiro atoms. The van der Waals surface area contributed by atoms with Crippen molar-refractivity contribution in [2.45, 2.75) is 32.9 Å². The van der Waals surface area contributed by atoms with Crippen LogP contribution >= 0.6 is 0 Å². The fourth-order valence-corrected chi connectivity index (χ4v) is 2.30. The van der Waals surface area contributed by atoms with Crippen LogP contribution in [-0.2, 0) is 4.79 Å². The molecule has 1 aromatic carbocycles. The zero-order valence-electron chi connectivity index (χ0n) is 11.2. The highest BCUT2D eigenvalue weighted by molar-refractivity contribution is 5.97. The Morgan fingerprint density at radius 3 is 2.17 bits per heavy atom. The minimum absolute atomic E-state index is 0.0600. The first-order valence-electron chi connectivity index (χ1n) is 5.99. The molecule has 0 saturated carbocycles. The first-order valence-corrected chi connectivity index (χ1v) is 5.99. The maximum Gasteiger partial charge on any atom is 0.230 e. The van der Waals surface area contributed by atoms with Crippen molar-refractivity contribution in [1.29, 1.82) is 0 Å². The molecule has 1 saturated heterocycles.